The Hall–Kier alpha value is -3.37. The lowest BCUT2D eigenvalue weighted by Gasteiger charge is -2.13. The van der Waals surface area contributed by atoms with Crippen molar-refractivity contribution >= 4 is 28.5 Å². The Kier molecular flexibility index (Phi) is 5.18. The van der Waals surface area contributed by atoms with E-state index in [1.54, 1.807) is 54.6 Å². The van der Waals surface area contributed by atoms with Gasteiger partial charge in [0.25, 0.3) is 0 Å². The number of esters is 1. The molecule has 0 aliphatic carbocycles. The van der Waals surface area contributed by atoms with Gasteiger partial charge in [-0.2, -0.15) is 0 Å². The summed E-state index contributed by atoms with van der Waals surface area (Å²) < 4.78 is 11.7. The van der Waals surface area contributed by atoms with Crippen LogP contribution in [-0.2, 0) is 0 Å². The van der Waals surface area contributed by atoms with Gasteiger partial charge in [-0.15, -0.1) is 0 Å². The van der Waals surface area contributed by atoms with Crippen LogP contribution in [0.15, 0.2) is 69.9 Å². The zero-order valence-electron chi connectivity index (χ0n) is 16.8. The molecule has 0 spiro atoms. The van der Waals surface area contributed by atoms with Gasteiger partial charge in [-0.3, -0.25) is 4.79 Å². The number of carbonyl (C=O) groups is 1. The summed E-state index contributed by atoms with van der Waals surface area (Å²) in [5.74, 6) is -0.684. The summed E-state index contributed by atoms with van der Waals surface area (Å²) in [5, 5.41) is 0.764. The number of benzene rings is 3. The monoisotopic (exact) mass is 418 g/mol. The molecular weight excluding hydrogens is 400 g/mol. The molecule has 0 saturated carbocycles. The summed E-state index contributed by atoms with van der Waals surface area (Å²) in [7, 11) is 0. The van der Waals surface area contributed by atoms with Crippen LogP contribution >= 0.6 is 11.6 Å². The minimum Gasteiger partial charge on any atom is -0.452 e. The molecule has 0 saturated heterocycles. The fourth-order valence-electron chi connectivity index (χ4n) is 3.43. The summed E-state index contributed by atoms with van der Waals surface area (Å²) in [4.78, 5) is 26.2. The maximum Gasteiger partial charge on any atom is 0.343 e. The third-order valence-electron chi connectivity index (χ3n) is 4.90. The topological polar surface area (TPSA) is 56.5 Å². The lowest BCUT2D eigenvalue weighted by molar-refractivity contribution is 0.0731. The van der Waals surface area contributed by atoms with E-state index in [0.717, 1.165) is 16.7 Å². The summed E-state index contributed by atoms with van der Waals surface area (Å²) in [5.41, 5.74) is 3.54. The normalized spacial score (nSPS) is 10.9. The van der Waals surface area contributed by atoms with Gasteiger partial charge < -0.3 is 9.15 Å². The van der Waals surface area contributed by atoms with Crippen LogP contribution in [0.3, 0.4) is 0 Å². The van der Waals surface area contributed by atoms with Crippen molar-refractivity contribution in [2.24, 2.45) is 0 Å². The predicted molar refractivity (Wildman–Crippen MR) is 119 cm³/mol. The van der Waals surface area contributed by atoms with Crippen LogP contribution in [0.4, 0.5) is 0 Å². The molecule has 150 valence electrons. The summed E-state index contributed by atoms with van der Waals surface area (Å²) >= 11 is 6.37. The Morgan fingerprint density at radius 1 is 0.933 bits per heavy atom. The van der Waals surface area contributed by atoms with E-state index >= 15 is 0 Å². The molecule has 0 bridgehead atoms. The average molecular weight is 419 g/mol. The molecule has 1 aromatic heterocycles. The van der Waals surface area contributed by atoms with Crippen LogP contribution in [0.2, 0.25) is 5.02 Å². The molecule has 0 N–H and O–H groups in total. The number of carbonyl (C=O) groups excluding carboxylic acids is 1. The maximum absolute atomic E-state index is 13.4. The predicted octanol–water partition coefficient (Wildman–Crippen LogP) is 6.26. The molecular formula is C25H19ClO4. The van der Waals surface area contributed by atoms with Crippen LogP contribution in [0, 0.1) is 20.8 Å². The Morgan fingerprint density at radius 2 is 1.63 bits per heavy atom. The summed E-state index contributed by atoms with van der Waals surface area (Å²) in [6.45, 7) is 5.67. The number of ether oxygens (including phenoxy) is 1. The van der Waals surface area contributed by atoms with Crippen molar-refractivity contribution in [2.75, 3.05) is 0 Å². The third kappa shape index (κ3) is 3.62. The lowest BCUT2D eigenvalue weighted by atomic mass is 10.0. The molecule has 4 aromatic rings. The molecule has 1 heterocycles. The molecule has 0 fully saturated rings. The van der Waals surface area contributed by atoms with Crippen LogP contribution in [0.1, 0.15) is 27.0 Å². The molecule has 0 radical (unpaired) electrons. The van der Waals surface area contributed by atoms with E-state index < -0.39 is 11.4 Å². The number of fused-ring (bicyclic) bond motifs is 1. The van der Waals surface area contributed by atoms with Gasteiger partial charge in [0, 0.05) is 5.56 Å². The zero-order valence-corrected chi connectivity index (χ0v) is 17.5. The second-order valence-corrected chi connectivity index (χ2v) is 7.69. The van der Waals surface area contributed by atoms with Crippen molar-refractivity contribution in [3.05, 3.63) is 98.2 Å². The fraction of sp³-hybridized carbons (Fsp3) is 0.120. The van der Waals surface area contributed by atoms with Crippen molar-refractivity contribution < 1.29 is 13.9 Å². The quantitative estimate of drug-likeness (QED) is 0.368. The molecule has 0 unspecified atom stereocenters. The highest BCUT2D eigenvalue weighted by Crippen LogP contribution is 2.36. The van der Waals surface area contributed by atoms with Gasteiger partial charge in [0.1, 0.15) is 5.58 Å². The van der Waals surface area contributed by atoms with Gasteiger partial charge in [-0.05, 0) is 62.2 Å². The number of rotatable bonds is 3. The van der Waals surface area contributed by atoms with Gasteiger partial charge in [-0.1, -0.05) is 47.5 Å². The average Bonchev–Trinajstić information content (AvgIpc) is 2.70. The summed E-state index contributed by atoms with van der Waals surface area (Å²) in [6, 6.07) is 17.6. The molecule has 4 rings (SSSR count). The molecule has 0 aliphatic rings. The highest BCUT2D eigenvalue weighted by atomic mass is 35.5. The first kappa shape index (κ1) is 19.9. The Morgan fingerprint density at radius 3 is 2.33 bits per heavy atom. The van der Waals surface area contributed by atoms with Crippen molar-refractivity contribution in [1.29, 1.82) is 0 Å². The van der Waals surface area contributed by atoms with Crippen LogP contribution in [-0.4, -0.2) is 5.97 Å². The number of hydrogen-bond acceptors (Lipinski definition) is 4. The van der Waals surface area contributed by atoms with E-state index in [-0.39, 0.29) is 11.5 Å². The van der Waals surface area contributed by atoms with Crippen LogP contribution in [0.5, 0.6) is 5.75 Å². The lowest BCUT2D eigenvalue weighted by Crippen LogP contribution is -2.17. The maximum atomic E-state index is 13.4. The molecule has 5 heteroatoms. The van der Waals surface area contributed by atoms with Gasteiger partial charge in [0.15, 0.2) is 5.76 Å². The van der Waals surface area contributed by atoms with Crippen molar-refractivity contribution in [3.63, 3.8) is 0 Å². The molecule has 30 heavy (non-hydrogen) atoms. The Labute approximate surface area is 178 Å². The molecule has 0 atom stereocenters. The van der Waals surface area contributed by atoms with Gasteiger partial charge >= 0.3 is 5.97 Å². The standard InChI is InChI=1S/C25H19ClO4/c1-14-8-10-17(11-9-14)25(28)30-24-22(27)21-16(3)12-15(2)13-20(21)29-23(24)18-6-4-5-7-19(18)26/h4-13H,1-3H3. The highest BCUT2D eigenvalue weighted by molar-refractivity contribution is 6.33. The minimum atomic E-state index is -0.639. The number of hydrogen-bond donors (Lipinski definition) is 0. The van der Waals surface area contributed by atoms with E-state index in [4.69, 9.17) is 20.8 Å². The van der Waals surface area contributed by atoms with Gasteiger partial charge in [-0.25, -0.2) is 4.79 Å². The van der Waals surface area contributed by atoms with Crippen molar-refractivity contribution in [3.8, 4) is 17.1 Å². The molecule has 0 aliphatic heterocycles. The Balaban J connectivity index is 1.96. The van der Waals surface area contributed by atoms with Crippen molar-refractivity contribution in [1.82, 2.24) is 0 Å². The zero-order chi connectivity index (χ0) is 21.4. The van der Waals surface area contributed by atoms with Gasteiger partial charge in [0.2, 0.25) is 11.2 Å². The molecule has 3 aromatic carbocycles. The van der Waals surface area contributed by atoms with E-state index in [1.165, 1.54) is 0 Å². The molecule has 0 amide bonds. The second-order valence-electron chi connectivity index (χ2n) is 7.28. The Bertz CT molecular complexity index is 1330. The molecule has 4 nitrogen and oxygen atoms in total. The van der Waals surface area contributed by atoms with E-state index in [1.807, 2.05) is 26.8 Å². The minimum absolute atomic E-state index is 0.128. The first-order chi connectivity index (χ1) is 14.3. The van der Waals surface area contributed by atoms with E-state index in [2.05, 4.69) is 0 Å². The SMILES string of the molecule is Cc1ccc(C(=O)Oc2c(-c3ccccc3Cl)oc3cc(C)cc(C)c3c2=O)cc1. The van der Waals surface area contributed by atoms with Crippen LogP contribution in [0.25, 0.3) is 22.3 Å². The van der Waals surface area contributed by atoms with Crippen molar-refractivity contribution in [2.45, 2.75) is 20.8 Å². The highest BCUT2D eigenvalue weighted by Gasteiger charge is 2.23. The third-order valence-corrected chi connectivity index (χ3v) is 5.23. The number of aryl methyl sites for hydroxylation is 3. The summed E-state index contributed by atoms with van der Waals surface area (Å²) in [6.07, 6.45) is 0. The smallest absolute Gasteiger partial charge is 0.343 e. The first-order valence-corrected chi connectivity index (χ1v) is 9.85. The fourth-order valence-corrected chi connectivity index (χ4v) is 3.65. The van der Waals surface area contributed by atoms with E-state index in [9.17, 15) is 9.59 Å². The van der Waals surface area contributed by atoms with Gasteiger partial charge in [0.05, 0.1) is 16.0 Å². The largest absolute Gasteiger partial charge is 0.452 e. The second kappa shape index (κ2) is 7.81. The van der Waals surface area contributed by atoms with E-state index in [0.29, 0.717) is 27.1 Å². The first-order valence-electron chi connectivity index (χ1n) is 9.47. The number of halogens is 1. The van der Waals surface area contributed by atoms with Crippen LogP contribution < -0.4 is 10.2 Å².